The van der Waals surface area contributed by atoms with Crippen molar-refractivity contribution in [3.63, 3.8) is 0 Å². The molecule has 2 heterocycles. The lowest BCUT2D eigenvalue weighted by molar-refractivity contribution is 0.102. The number of halogens is 1. The molecular formula is C16H12ClN3O2S. The highest BCUT2D eigenvalue weighted by Crippen LogP contribution is 2.26. The van der Waals surface area contributed by atoms with Crippen LogP contribution in [0.5, 0.6) is 5.88 Å². The molecule has 116 valence electrons. The van der Waals surface area contributed by atoms with Crippen molar-refractivity contribution in [3.05, 3.63) is 58.6 Å². The number of methoxy groups -OCH3 is 1. The average Bonchev–Trinajstić information content (AvgIpc) is 3.04. The van der Waals surface area contributed by atoms with Crippen molar-refractivity contribution >= 4 is 34.0 Å². The fraction of sp³-hybridized carbons (Fsp3) is 0.0625. The Bertz CT molecular complexity index is 816. The Morgan fingerprint density at radius 3 is 2.65 bits per heavy atom. The number of thiazole rings is 1. The molecule has 0 unspecified atom stereocenters. The Morgan fingerprint density at radius 2 is 2.00 bits per heavy atom. The topological polar surface area (TPSA) is 64.1 Å². The lowest BCUT2D eigenvalue weighted by Crippen LogP contribution is -2.12. The van der Waals surface area contributed by atoms with E-state index in [0.717, 1.165) is 11.3 Å². The van der Waals surface area contributed by atoms with Gasteiger partial charge >= 0.3 is 0 Å². The van der Waals surface area contributed by atoms with E-state index < -0.39 is 0 Å². The van der Waals surface area contributed by atoms with Crippen LogP contribution >= 0.6 is 22.9 Å². The van der Waals surface area contributed by atoms with Crippen LogP contribution in [0.1, 0.15) is 10.4 Å². The predicted molar refractivity (Wildman–Crippen MR) is 91.3 cm³/mol. The number of ether oxygens (including phenoxy) is 1. The number of rotatable bonds is 4. The van der Waals surface area contributed by atoms with Gasteiger partial charge < -0.3 is 4.74 Å². The molecule has 0 atom stereocenters. The number of hydrogen-bond donors (Lipinski definition) is 1. The van der Waals surface area contributed by atoms with Crippen molar-refractivity contribution < 1.29 is 9.53 Å². The first-order valence-corrected chi connectivity index (χ1v) is 7.94. The first-order chi connectivity index (χ1) is 11.2. The second-order valence-corrected chi connectivity index (χ2v) is 5.88. The third kappa shape index (κ3) is 3.67. The molecule has 23 heavy (non-hydrogen) atoms. The van der Waals surface area contributed by atoms with Gasteiger partial charge in [0.15, 0.2) is 5.13 Å². The van der Waals surface area contributed by atoms with Crippen molar-refractivity contribution in [2.75, 3.05) is 12.4 Å². The van der Waals surface area contributed by atoms with Crippen LogP contribution in [-0.4, -0.2) is 23.0 Å². The van der Waals surface area contributed by atoms with Crippen molar-refractivity contribution in [1.29, 1.82) is 0 Å². The monoisotopic (exact) mass is 345 g/mol. The van der Waals surface area contributed by atoms with Crippen molar-refractivity contribution in [2.45, 2.75) is 0 Å². The molecule has 3 aromatic rings. The number of aromatic nitrogens is 2. The lowest BCUT2D eigenvalue weighted by Gasteiger charge is -2.02. The van der Waals surface area contributed by atoms with Crippen molar-refractivity contribution in [2.24, 2.45) is 0 Å². The zero-order valence-corrected chi connectivity index (χ0v) is 13.7. The molecule has 5 nitrogen and oxygen atoms in total. The molecule has 0 saturated heterocycles. The standard InChI is InChI=1S/C16H12ClN3O2S/c1-22-14-7-4-11(8-18-14)15(21)20-16-19-13(9-23-16)10-2-5-12(17)6-3-10/h2-9H,1H3,(H,19,20,21). The summed E-state index contributed by atoms with van der Waals surface area (Å²) in [4.78, 5) is 20.6. The maximum Gasteiger partial charge on any atom is 0.259 e. The summed E-state index contributed by atoms with van der Waals surface area (Å²) in [5, 5.41) is 5.83. The van der Waals surface area contributed by atoms with E-state index in [1.165, 1.54) is 24.6 Å². The number of anilines is 1. The number of carbonyl (C=O) groups is 1. The molecule has 0 fully saturated rings. The van der Waals surface area contributed by atoms with Gasteiger partial charge in [0.2, 0.25) is 5.88 Å². The summed E-state index contributed by atoms with van der Waals surface area (Å²) in [6.07, 6.45) is 1.46. The second kappa shape index (κ2) is 6.76. The number of amides is 1. The number of hydrogen-bond acceptors (Lipinski definition) is 5. The number of benzene rings is 1. The minimum absolute atomic E-state index is 0.267. The van der Waals surface area contributed by atoms with E-state index in [1.807, 2.05) is 17.5 Å². The zero-order chi connectivity index (χ0) is 16.2. The molecule has 0 bridgehead atoms. The zero-order valence-electron chi connectivity index (χ0n) is 12.1. The van der Waals surface area contributed by atoms with Crippen LogP contribution < -0.4 is 10.1 Å². The van der Waals surface area contributed by atoms with Gasteiger partial charge in [-0.25, -0.2) is 9.97 Å². The van der Waals surface area contributed by atoms with Crippen LogP contribution in [0.3, 0.4) is 0 Å². The molecule has 1 amide bonds. The fourth-order valence-corrected chi connectivity index (χ4v) is 2.73. The first kappa shape index (κ1) is 15.5. The summed E-state index contributed by atoms with van der Waals surface area (Å²) in [7, 11) is 1.52. The second-order valence-electron chi connectivity index (χ2n) is 4.59. The third-order valence-corrected chi connectivity index (χ3v) is 4.08. The fourth-order valence-electron chi connectivity index (χ4n) is 1.89. The van der Waals surface area contributed by atoms with Gasteiger partial charge in [-0.15, -0.1) is 11.3 Å². The highest BCUT2D eigenvalue weighted by atomic mass is 35.5. The van der Waals surface area contributed by atoms with Gasteiger partial charge in [-0.3, -0.25) is 10.1 Å². The van der Waals surface area contributed by atoms with Crippen LogP contribution in [0.15, 0.2) is 48.0 Å². The third-order valence-electron chi connectivity index (χ3n) is 3.07. The smallest absolute Gasteiger partial charge is 0.259 e. The van der Waals surface area contributed by atoms with Gasteiger partial charge in [-0.1, -0.05) is 23.7 Å². The molecule has 2 aromatic heterocycles. The Balaban J connectivity index is 1.73. The number of nitrogens with one attached hydrogen (secondary N) is 1. The Morgan fingerprint density at radius 1 is 1.22 bits per heavy atom. The highest BCUT2D eigenvalue weighted by molar-refractivity contribution is 7.14. The minimum Gasteiger partial charge on any atom is -0.481 e. The minimum atomic E-state index is -0.267. The molecule has 0 aliphatic rings. The molecule has 0 spiro atoms. The lowest BCUT2D eigenvalue weighted by atomic mass is 10.2. The van der Waals surface area contributed by atoms with Crippen LogP contribution in [0.2, 0.25) is 5.02 Å². The molecule has 0 aliphatic heterocycles. The quantitative estimate of drug-likeness (QED) is 0.772. The molecule has 3 rings (SSSR count). The summed E-state index contributed by atoms with van der Waals surface area (Å²) in [6.45, 7) is 0. The summed E-state index contributed by atoms with van der Waals surface area (Å²) >= 11 is 7.23. The van der Waals surface area contributed by atoms with E-state index in [4.69, 9.17) is 16.3 Å². The van der Waals surface area contributed by atoms with E-state index in [-0.39, 0.29) is 5.91 Å². The van der Waals surface area contributed by atoms with Crippen molar-refractivity contribution in [3.8, 4) is 17.1 Å². The Hall–Kier alpha value is -2.44. The van der Waals surface area contributed by atoms with Gasteiger partial charge in [-0.05, 0) is 18.2 Å². The predicted octanol–water partition coefficient (Wildman–Crippen LogP) is 4.12. The normalized spacial score (nSPS) is 10.3. The summed E-state index contributed by atoms with van der Waals surface area (Å²) in [6, 6.07) is 10.7. The number of carbonyl (C=O) groups excluding carboxylic acids is 1. The van der Waals surface area contributed by atoms with Crippen LogP contribution in [0, 0.1) is 0 Å². The molecule has 1 aromatic carbocycles. The molecule has 0 aliphatic carbocycles. The SMILES string of the molecule is COc1ccc(C(=O)Nc2nc(-c3ccc(Cl)cc3)cs2)cn1. The van der Waals surface area contributed by atoms with Crippen LogP contribution in [-0.2, 0) is 0 Å². The van der Waals surface area contributed by atoms with Gasteiger partial charge in [0, 0.05) is 28.2 Å². The Kier molecular flexibility index (Phi) is 4.55. The van der Waals surface area contributed by atoms with E-state index in [1.54, 1.807) is 24.3 Å². The maximum atomic E-state index is 12.2. The molecular weight excluding hydrogens is 334 g/mol. The van der Waals surface area contributed by atoms with E-state index in [2.05, 4.69) is 15.3 Å². The largest absolute Gasteiger partial charge is 0.481 e. The number of nitrogens with zero attached hydrogens (tertiary/aromatic N) is 2. The molecule has 7 heteroatoms. The van der Waals surface area contributed by atoms with Gasteiger partial charge in [0.05, 0.1) is 18.4 Å². The van der Waals surface area contributed by atoms with E-state index >= 15 is 0 Å². The van der Waals surface area contributed by atoms with Crippen molar-refractivity contribution in [1.82, 2.24) is 9.97 Å². The van der Waals surface area contributed by atoms with E-state index in [0.29, 0.717) is 21.6 Å². The highest BCUT2D eigenvalue weighted by Gasteiger charge is 2.10. The summed E-state index contributed by atoms with van der Waals surface area (Å²) < 4.78 is 4.97. The molecule has 1 N–H and O–H groups in total. The average molecular weight is 346 g/mol. The van der Waals surface area contributed by atoms with Crippen LogP contribution in [0.25, 0.3) is 11.3 Å². The molecule has 0 saturated carbocycles. The summed E-state index contributed by atoms with van der Waals surface area (Å²) in [5.74, 6) is 0.193. The van der Waals surface area contributed by atoms with Gasteiger partial charge in [0.25, 0.3) is 5.91 Å². The first-order valence-electron chi connectivity index (χ1n) is 6.68. The van der Waals surface area contributed by atoms with E-state index in [9.17, 15) is 4.79 Å². The van der Waals surface area contributed by atoms with Gasteiger partial charge in [0.1, 0.15) is 0 Å². The Labute approximate surface area is 141 Å². The number of pyridine rings is 1. The molecule has 0 radical (unpaired) electrons. The van der Waals surface area contributed by atoms with Crippen LogP contribution in [0.4, 0.5) is 5.13 Å². The maximum absolute atomic E-state index is 12.2. The summed E-state index contributed by atoms with van der Waals surface area (Å²) in [5.41, 5.74) is 2.17. The van der Waals surface area contributed by atoms with Gasteiger partial charge in [-0.2, -0.15) is 0 Å².